The molecule has 1 aliphatic carbocycles. The van der Waals surface area contributed by atoms with Gasteiger partial charge in [-0.2, -0.15) is 5.26 Å². The molecule has 0 saturated heterocycles. The van der Waals surface area contributed by atoms with Crippen molar-refractivity contribution in [3.05, 3.63) is 35.4 Å². The summed E-state index contributed by atoms with van der Waals surface area (Å²) >= 11 is 0. The van der Waals surface area contributed by atoms with Crippen LogP contribution in [0.15, 0.2) is 24.3 Å². The van der Waals surface area contributed by atoms with Gasteiger partial charge in [-0.15, -0.1) is 0 Å². The second-order valence-electron chi connectivity index (χ2n) is 5.18. The molecule has 1 aromatic carbocycles. The Bertz CT molecular complexity index is 411. The lowest BCUT2D eigenvalue weighted by Crippen LogP contribution is -2.54. The van der Waals surface area contributed by atoms with Gasteiger partial charge >= 0.3 is 0 Å². The fraction of sp³-hybridized carbons (Fsp3) is 0.500. The number of nitrogens with zero attached hydrogens (tertiary/aromatic N) is 1. The highest BCUT2D eigenvalue weighted by Crippen LogP contribution is 2.52. The first-order valence-electron chi connectivity index (χ1n) is 5.77. The Balaban J connectivity index is 2.18. The largest absolute Gasteiger partial charge is 0.316 e. The first-order chi connectivity index (χ1) is 7.59. The van der Waals surface area contributed by atoms with Crippen LogP contribution in [0.3, 0.4) is 0 Å². The summed E-state index contributed by atoms with van der Waals surface area (Å²) in [7, 11) is 2.03. The molecule has 1 saturated carbocycles. The Morgan fingerprint density at radius 1 is 1.31 bits per heavy atom. The second-order valence-corrected chi connectivity index (χ2v) is 5.18. The number of hydrogen-bond acceptors (Lipinski definition) is 2. The van der Waals surface area contributed by atoms with Crippen LogP contribution in [0.2, 0.25) is 0 Å². The minimum atomic E-state index is 0.308. The van der Waals surface area contributed by atoms with Crippen molar-refractivity contribution in [2.24, 2.45) is 5.41 Å². The van der Waals surface area contributed by atoms with E-state index < -0.39 is 0 Å². The zero-order valence-corrected chi connectivity index (χ0v) is 10.1. The maximum absolute atomic E-state index is 8.76. The highest BCUT2D eigenvalue weighted by molar-refractivity contribution is 5.35. The molecule has 1 aromatic rings. The van der Waals surface area contributed by atoms with Gasteiger partial charge in [0, 0.05) is 6.04 Å². The fourth-order valence-corrected chi connectivity index (χ4v) is 2.77. The van der Waals surface area contributed by atoms with E-state index >= 15 is 0 Å². The van der Waals surface area contributed by atoms with Crippen LogP contribution in [0.4, 0.5) is 0 Å². The molecule has 0 aromatic heterocycles. The van der Waals surface area contributed by atoms with E-state index in [2.05, 4.69) is 37.4 Å². The summed E-state index contributed by atoms with van der Waals surface area (Å²) in [6.07, 6.45) is 1.19. The maximum atomic E-state index is 8.76. The van der Waals surface area contributed by atoms with Crippen molar-refractivity contribution in [3.8, 4) is 6.07 Å². The van der Waals surface area contributed by atoms with Crippen molar-refractivity contribution in [1.82, 2.24) is 5.32 Å². The molecule has 1 aliphatic rings. The van der Waals surface area contributed by atoms with Gasteiger partial charge in [0.05, 0.1) is 11.6 Å². The van der Waals surface area contributed by atoms with E-state index in [9.17, 15) is 0 Å². The van der Waals surface area contributed by atoms with E-state index in [1.807, 2.05) is 19.2 Å². The Labute approximate surface area is 97.3 Å². The molecule has 0 radical (unpaired) electrons. The zero-order chi connectivity index (χ0) is 11.8. The van der Waals surface area contributed by atoms with Crippen molar-refractivity contribution in [2.45, 2.75) is 32.2 Å². The average molecular weight is 214 g/mol. The van der Waals surface area contributed by atoms with Crippen LogP contribution in [-0.4, -0.2) is 13.1 Å². The minimum absolute atomic E-state index is 0.308. The minimum Gasteiger partial charge on any atom is -0.316 e. The molecular formula is C14H18N2. The summed E-state index contributed by atoms with van der Waals surface area (Å²) in [6, 6.07) is 10.8. The molecular weight excluding hydrogens is 196 g/mol. The summed E-state index contributed by atoms with van der Waals surface area (Å²) in [5.74, 6) is 0.609. The highest BCUT2D eigenvalue weighted by atomic mass is 14.9. The molecule has 1 N–H and O–H groups in total. The third-order valence-electron chi connectivity index (χ3n) is 4.06. The summed E-state index contributed by atoms with van der Waals surface area (Å²) in [5.41, 5.74) is 2.41. The molecule has 0 aliphatic heterocycles. The molecule has 16 heavy (non-hydrogen) atoms. The van der Waals surface area contributed by atoms with E-state index in [1.165, 1.54) is 12.0 Å². The molecule has 0 heterocycles. The highest BCUT2D eigenvalue weighted by Gasteiger charge is 2.47. The molecule has 1 fully saturated rings. The topological polar surface area (TPSA) is 35.8 Å². The lowest BCUT2D eigenvalue weighted by molar-refractivity contribution is 0.0751. The Kier molecular flexibility index (Phi) is 2.73. The monoisotopic (exact) mass is 214 g/mol. The first-order valence-corrected chi connectivity index (χ1v) is 5.77. The van der Waals surface area contributed by atoms with Crippen molar-refractivity contribution in [3.63, 3.8) is 0 Å². The van der Waals surface area contributed by atoms with E-state index in [0.29, 0.717) is 17.4 Å². The number of nitrogens with one attached hydrogen (secondary N) is 1. The van der Waals surface area contributed by atoms with E-state index in [1.54, 1.807) is 0 Å². The Morgan fingerprint density at radius 3 is 2.38 bits per heavy atom. The van der Waals surface area contributed by atoms with Crippen LogP contribution in [-0.2, 0) is 0 Å². The third-order valence-corrected chi connectivity index (χ3v) is 4.06. The van der Waals surface area contributed by atoms with Crippen LogP contribution in [0.25, 0.3) is 0 Å². The van der Waals surface area contributed by atoms with Crippen LogP contribution < -0.4 is 5.32 Å². The number of rotatable bonds is 2. The lowest BCUT2D eigenvalue weighted by Gasteiger charge is -2.52. The summed E-state index contributed by atoms with van der Waals surface area (Å²) < 4.78 is 0. The zero-order valence-electron chi connectivity index (χ0n) is 10.1. The normalized spacial score (nSPS) is 26.9. The van der Waals surface area contributed by atoms with Crippen molar-refractivity contribution in [2.75, 3.05) is 7.05 Å². The summed E-state index contributed by atoms with van der Waals surface area (Å²) in [6.45, 7) is 4.61. The quantitative estimate of drug-likeness (QED) is 0.821. The number of benzene rings is 1. The van der Waals surface area contributed by atoms with Gasteiger partial charge in [-0.3, -0.25) is 0 Å². The van der Waals surface area contributed by atoms with E-state index in [-0.39, 0.29) is 0 Å². The summed E-state index contributed by atoms with van der Waals surface area (Å²) in [4.78, 5) is 0. The van der Waals surface area contributed by atoms with Gasteiger partial charge in [0.25, 0.3) is 0 Å². The van der Waals surface area contributed by atoms with E-state index in [0.717, 1.165) is 5.56 Å². The third kappa shape index (κ3) is 1.62. The molecule has 0 amide bonds. The fourth-order valence-electron chi connectivity index (χ4n) is 2.77. The lowest BCUT2D eigenvalue weighted by atomic mass is 9.56. The first kappa shape index (κ1) is 11.2. The van der Waals surface area contributed by atoms with Crippen molar-refractivity contribution >= 4 is 0 Å². The SMILES string of the molecule is CNC1CC(c2ccc(C#N)cc2)C1(C)C. The molecule has 0 spiro atoms. The maximum Gasteiger partial charge on any atom is 0.0991 e. The molecule has 2 unspecified atom stereocenters. The molecule has 84 valence electrons. The standard InChI is InChI=1S/C14H18N2/c1-14(2)12(8-13(14)16-3)11-6-4-10(9-15)5-7-11/h4-7,12-13,16H,8H2,1-3H3. The molecule has 2 atom stereocenters. The molecule has 2 heteroatoms. The molecule has 0 bridgehead atoms. The van der Waals surface area contributed by atoms with Crippen LogP contribution in [0, 0.1) is 16.7 Å². The van der Waals surface area contributed by atoms with Gasteiger partial charge in [-0.25, -0.2) is 0 Å². The Morgan fingerprint density at radius 2 is 1.94 bits per heavy atom. The molecule has 2 rings (SSSR count). The summed E-state index contributed by atoms with van der Waals surface area (Å²) in [5, 5.41) is 12.1. The van der Waals surface area contributed by atoms with E-state index in [4.69, 9.17) is 5.26 Å². The second kappa shape index (κ2) is 3.92. The van der Waals surface area contributed by atoms with Crippen LogP contribution in [0.1, 0.15) is 37.3 Å². The van der Waals surface area contributed by atoms with Crippen LogP contribution in [0.5, 0.6) is 0 Å². The number of nitriles is 1. The van der Waals surface area contributed by atoms with Gasteiger partial charge < -0.3 is 5.32 Å². The van der Waals surface area contributed by atoms with Crippen LogP contribution >= 0.6 is 0 Å². The smallest absolute Gasteiger partial charge is 0.0991 e. The van der Waals surface area contributed by atoms with Crippen molar-refractivity contribution in [1.29, 1.82) is 5.26 Å². The Hall–Kier alpha value is -1.33. The predicted molar refractivity (Wildman–Crippen MR) is 65.1 cm³/mol. The molecule has 2 nitrogen and oxygen atoms in total. The average Bonchev–Trinajstić information content (AvgIpc) is 2.29. The van der Waals surface area contributed by atoms with Gasteiger partial charge in [-0.05, 0) is 42.5 Å². The van der Waals surface area contributed by atoms with Gasteiger partial charge in [-0.1, -0.05) is 26.0 Å². The number of hydrogen-bond donors (Lipinski definition) is 1. The van der Waals surface area contributed by atoms with Gasteiger partial charge in [0.15, 0.2) is 0 Å². The van der Waals surface area contributed by atoms with Crippen molar-refractivity contribution < 1.29 is 0 Å². The predicted octanol–water partition coefficient (Wildman–Crippen LogP) is 2.66. The van der Waals surface area contributed by atoms with Gasteiger partial charge in [0.1, 0.15) is 0 Å². The van der Waals surface area contributed by atoms with Gasteiger partial charge in [0.2, 0.25) is 0 Å².